The van der Waals surface area contributed by atoms with Crippen LogP contribution < -0.4 is 5.32 Å². The van der Waals surface area contributed by atoms with Crippen LogP contribution >= 0.6 is 0 Å². The van der Waals surface area contributed by atoms with Gasteiger partial charge in [-0.05, 0) is 33.6 Å². The standard InChI is InChI=1S/C14H22F2N2O3/c1-12(2,3)21-11(20)17-13(4-5-13)10(19)18-8-6-14(15,16)7-9-18/h4-9H2,1-3H3,(H,17,20). The van der Waals surface area contributed by atoms with E-state index in [9.17, 15) is 18.4 Å². The Morgan fingerprint density at radius 3 is 2.05 bits per heavy atom. The summed E-state index contributed by atoms with van der Waals surface area (Å²) in [5.74, 6) is -2.96. The van der Waals surface area contributed by atoms with Gasteiger partial charge < -0.3 is 15.0 Å². The summed E-state index contributed by atoms with van der Waals surface area (Å²) >= 11 is 0. The highest BCUT2D eigenvalue weighted by molar-refractivity contribution is 5.93. The van der Waals surface area contributed by atoms with Crippen molar-refractivity contribution in [3.8, 4) is 0 Å². The lowest BCUT2D eigenvalue weighted by molar-refractivity contribution is -0.140. The fourth-order valence-electron chi connectivity index (χ4n) is 2.36. The molecule has 120 valence electrons. The Morgan fingerprint density at radius 1 is 1.10 bits per heavy atom. The molecule has 2 amide bonds. The molecule has 0 bridgehead atoms. The van der Waals surface area contributed by atoms with Gasteiger partial charge in [0.2, 0.25) is 5.91 Å². The van der Waals surface area contributed by atoms with E-state index in [-0.39, 0.29) is 31.8 Å². The third-order valence-corrected chi connectivity index (χ3v) is 3.68. The summed E-state index contributed by atoms with van der Waals surface area (Å²) in [5.41, 5.74) is -1.59. The number of alkyl halides is 2. The lowest BCUT2D eigenvalue weighted by atomic mass is 10.1. The second-order valence-corrected chi connectivity index (χ2v) is 6.86. The van der Waals surface area contributed by atoms with E-state index in [2.05, 4.69) is 5.32 Å². The second kappa shape index (κ2) is 5.10. The summed E-state index contributed by atoms with van der Waals surface area (Å²) in [7, 11) is 0. The van der Waals surface area contributed by atoms with Gasteiger partial charge in [0.05, 0.1) is 0 Å². The molecule has 2 rings (SSSR count). The van der Waals surface area contributed by atoms with E-state index in [1.54, 1.807) is 20.8 Å². The number of nitrogens with zero attached hydrogens (tertiary/aromatic N) is 1. The molecule has 1 heterocycles. The number of halogens is 2. The summed E-state index contributed by atoms with van der Waals surface area (Å²) < 4.78 is 31.4. The van der Waals surface area contributed by atoms with Gasteiger partial charge in [-0.25, -0.2) is 13.6 Å². The van der Waals surface area contributed by atoms with Crippen molar-refractivity contribution in [1.29, 1.82) is 0 Å². The third-order valence-electron chi connectivity index (χ3n) is 3.68. The van der Waals surface area contributed by atoms with E-state index >= 15 is 0 Å². The minimum Gasteiger partial charge on any atom is -0.444 e. The highest BCUT2D eigenvalue weighted by Gasteiger charge is 2.54. The third kappa shape index (κ3) is 4.04. The van der Waals surface area contributed by atoms with Crippen LogP contribution in [0, 0.1) is 0 Å². The highest BCUT2D eigenvalue weighted by Crippen LogP contribution is 2.39. The predicted molar refractivity (Wildman–Crippen MR) is 72.1 cm³/mol. The Hall–Kier alpha value is -1.40. The molecule has 1 aliphatic heterocycles. The van der Waals surface area contributed by atoms with E-state index < -0.39 is 23.2 Å². The molecule has 0 atom stereocenters. The first-order valence-electron chi connectivity index (χ1n) is 7.21. The number of carbonyl (C=O) groups excluding carboxylic acids is 2. The molecule has 0 radical (unpaired) electrons. The summed E-state index contributed by atoms with van der Waals surface area (Å²) in [5, 5.41) is 2.60. The van der Waals surface area contributed by atoms with Gasteiger partial charge in [0.1, 0.15) is 11.1 Å². The Kier molecular flexibility index (Phi) is 3.88. The van der Waals surface area contributed by atoms with Crippen molar-refractivity contribution in [1.82, 2.24) is 10.2 Å². The Balaban J connectivity index is 1.92. The number of hydrogen-bond donors (Lipinski definition) is 1. The van der Waals surface area contributed by atoms with Gasteiger partial charge in [0, 0.05) is 25.9 Å². The molecule has 5 nitrogen and oxygen atoms in total. The molecule has 0 aromatic rings. The van der Waals surface area contributed by atoms with Crippen LogP contribution in [-0.4, -0.2) is 47.1 Å². The van der Waals surface area contributed by atoms with E-state index in [0.717, 1.165) is 0 Å². The van der Waals surface area contributed by atoms with Crippen molar-refractivity contribution < 1.29 is 23.1 Å². The van der Waals surface area contributed by atoms with Gasteiger partial charge in [-0.15, -0.1) is 0 Å². The smallest absolute Gasteiger partial charge is 0.408 e. The van der Waals surface area contributed by atoms with E-state index in [4.69, 9.17) is 4.74 Å². The molecule has 0 aromatic heterocycles. The topological polar surface area (TPSA) is 58.6 Å². The Bertz CT molecular complexity index is 432. The van der Waals surface area contributed by atoms with Gasteiger partial charge in [-0.3, -0.25) is 4.79 Å². The lowest BCUT2D eigenvalue weighted by Crippen LogP contribution is -2.54. The number of likely N-dealkylation sites (tertiary alicyclic amines) is 1. The van der Waals surface area contributed by atoms with Crippen molar-refractivity contribution in [2.75, 3.05) is 13.1 Å². The van der Waals surface area contributed by atoms with Gasteiger partial charge in [-0.1, -0.05) is 0 Å². The van der Waals surface area contributed by atoms with Crippen molar-refractivity contribution >= 4 is 12.0 Å². The largest absolute Gasteiger partial charge is 0.444 e. The van der Waals surface area contributed by atoms with Crippen LogP contribution in [0.4, 0.5) is 13.6 Å². The van der Waals surface area contributed by atoms with Gasteiger partial charge in [0.25, 0.3) is 5.92 Å². The predicted octanol–water partition coefficient (Wildman–Crippen LogP) is 2.30. The molecule has 2 aliphatic rings. The molecular formula is C14H22F2N2O3. The van der Waals surface area contributed by atoms with Crippen LogP contribution in [0.25, 0.3) is 0 Å². The fraction of sp³-hybridized carbons (Fsp3) is 0.857. The quantitative estimate of drug-likeness (QED) is 0.851. The van der Waals surface area contributed by atoms with Crippen molar-refractivity contribution in [2.24, 2.45) is 0 Å². The van der Waals surface area contributed by atoms with Crippen LogP contribution in [0.2, 0.25) is 0 Å². The van der Waals surface area contributed by atoms with Gasteiger partial charge in [-0.2, -0.15) is 0 Å². The molecule has 1 saturated carbocycles. The summed E-state index contributed by atoms with van der Waals surface area (Å²) in [6, 6.07) is 0. The summed E-state index contributed by atoms with van der Waals surface area (Å²) in [6.45, 7) is 5.27. The molecule has 7 heteroatoms. The number of amides is 2. The second-order valence-electron chi connectivity index (χ2n) is 6.86. The maximum atomic E-state index is 13.1. The van der Waals surface area contributed by atoms with Crippen LogP contribution in [0.5, 0.6) is 0 Å². The molecule has 21 heavy (non-hydrogen) atoms. The molecule has 0 spiro atoms. The molecule has 1 aliphatic carbocycles. The normalized spacial score (nSPS) is 23.4. The minimum absolute atomic E-state index is 0.0313. The molecule has 1 saturated heterocycles. The summed E-state index contributed by atoms with van der Waals surface area (Å²) in [6.07, 6.45) is -0.228. The molecule has 2 fully saturated rings. The number of ether oxygens (including phenoxy) is 1. The van der Waals surface area contributed by atoms with E-state index in [1.165, 1.54) is 4.90 Å². The average molecular weight is 304 g/mol. The number of alkyl carbamates (subject to hydrolysis) is 1. The first-order chi connectivity index (χ1) is 9.53. The average Bonchev–Trinajstić information content (AvgIpc) is 3.06. The zero-order valence-electron chi connectivity index (χ0n) is 12.7. The molecule has 0 unspecified atom stereocenters. The van der Waals surface area contributed by atoms with E-state index in [1.807, 2.05) is 0 Å². The van der Waals surface area contributed by atoms with Gasteiger partial charge >= 0.3 is 6.09 Å². The van der Waals surface area contributed by atoms with E-state index in [0.29, 0.717) is 12.8 Å². The lowest BCUT2D eigenvalue weighted by Gasteiger charge is -2.34. The minimum atomic E-state index is -2.69. The van der Waals surface area contributed by atoms with Crippen LogP contribution in [0.15, 0.2) is 0 Å². The van der Waals surface area contributed by atoms with Gasteiger partial charge in [0.15, 0.2) is 0 Å². The number of piperidine rings is 1. The number of nitrogens with one attached hydrogen (secondary N) is 1. The monoisotopic (exact) mass is 304 g/mol. The first-order valence-corrected chi connectivity index (χ1v) is 7.21. The number of carbonyl (C=O) groups is 2. The van der Waals surface area contributed by atoms with Crippen LogP contribution in [0.3, 0.4) is 0 Å². The van der Waals surface area contributed by atoms with Crippen molar-refractivity contribution in [3.63, 3.8) is 0 Å². The maximum absolute atomic E-state index is 13.1. The van der Waals surface area contributed by atoms with Crippen molar-refractivity contribution in [2.45, 2.75) is 63.5 Å². The number of rotatable bonds is 2. The van der Waals surface area contributed by atoms with Crippen LogP contribution in [0.1, 0.15) is 46.5 Å². The molecular weight excluding hydrogens is 282 g/mol. The number of hydrogen-bond acceptors (Lipinski definition) is 3. The Labute approximate surface area is 123 Å². The summed E-state index contributed by atoms with van der Waals surface area (Å²) in [4.78, 5) is 25.6. The highest BCUT2D eigenvalue weighted by atomic mass is 19.3. The molecule has 1 N–H and O–H groups in total. The SMILES string of the molecule is CC(C)(C)OC(=O)NC1(C(=O)N2CCC(F)(F)CC2)CC1. The fourth-order valence-corrected chi connectivity index (χ4v) is 2.36. The molecule has 0 aromatic carbocycles. The van der Waals surface area contributed by atoms with Crippen LogP contribution in [-0.2, 0) is 9.53 Å². The Morgan fingerprint density at radius 2 is 1.62 bits per heavy atom. The van der Waals surface area contributed by atoms with Crippen molar-refractivity contribution in [3.05, 3.63) is 0 Å². The first kappa shape index (κ1) is 16.0. The maximum Gasteiger partial charge on any atom is 0.408 e. The zero-order valence-corrected chi connectivity index (χ0v) is 12.7. The zero-order chi connectivity index (χ0) is 15.9.